The van der Waals surface area contributed by atoms with Gasteiger partial charge >= 0.3 is 0 Å². The van der Waals surface area contributed by atoms with E-state index in [0.29, 0.717) is 0 Å². The average Bonchev–Trinajstić information content (AvgIpc) is 3.06. The molecular weight excluding hydrogens is 300 g/mol. The van der Waals surface area contributed by atoms with Crippen molar-refractivity contribution in [3.63, 3.8) is 0 Å². The van der Waals surface area contributed by atoms with Gasteiger partial charge in [0.05, 0.1) is 6.61 Å². The van der Waals surface area contributed by atoms with E-state index in [4.69, 9.17) is 14.2 Å². The van der Waals surface area contributed by atoms with Crippen LogP contribution in [0.25, 0.3) is 0 Å². The van der Waals surface area contributed by atoms with Crippen LogP contribution in [-0.2, 0) is 5.41 Å². The van der Waals surface area contributed by atoms with Gasteiger partial charge in [0.25, 0.3) is 0 Å². The van der Waals surface area contributed by atoms with Gasteiger partial charge in [0.2, 0.25) is 6.79 Å². The fourth-order valence-electron chi connectivity index (χ4n) is 3.08. The number of ether oxygens (including phenoxy) is 3. The maximum atomic E-state index is 6.14. The fourth-order valence-corrected chi connectivity index (χ4v) is 3.08. The lowest BCUT2D eigenvalue weighted by Gasteiger charge is -2.28. The van der Waals surface area contributed by atoms with Gasteiger partial charge in [-0.25, -0.2) is 0 Å². The molecule has 0 saturated carbocycles. The number of rotatable bonds is 7. The molecule has 0 aliphatic carbocycles. The molecule has 2 aromatic carbocycles. The Hall–Kier alpha value is -2.16. The van der Waals surface area contributed by atoms with Gasteiger partial charge in [0, 0.05) is 17.0 Å². The Kier molecular flexibility index (Phi) is 4.98. The molecule has 0 aromatic heterocycles. The zero-order valence-corrected chi connectivity index (χ0v) is 14.8. The van der Waals surface area contributed by atoms with Crippen LogP contribution in [0.4, 0.5) is 0 Å². The SMILES string of the molecule is CCCCCOc1cc2c(cc1C(C)(C)c1ccccc1)OCO2. The normalized spacial score (nSPS) is 13.1. The fraction of sp³-hybridized carbons (Fsp3) is 0.429. The summed E-state index contributed by atoms with van der Waals surface area (Å²) in [4.78, 5) is 0. The van der Waals surface area contributed by atoms with Crippen molar-refractivity contribution < 1.29 is 14.2 Å². The van der Waals surface area contributed by atoms with E-state index in [2.05, 4.69) is 51.1 Å². The minimum absolute atomic E-state index is 0.178. The summed E-state index contributed by atoms with van der Waals surface area (Å²) in [5.41, 5.74) is 2.21. The Morgan fingerprint density at radius 3 is 2.42 bits per heavy atom. The third kappa shape index (κ3) is 3.35. The van der Waals surface area contributed by atoms with Gasteiger partial charge in [-0.1, -0.05) is 63.9 Å². The van der Waals surface area contributed by atoms with Crippen LogP contribution in [0.1, 0.15) is 51.2 Å². The molecule has 1 aliphatic rings. The second-order valence-corrected chi connectivity index (χ2v) is 6.75. The summed E-state index contributed by atoms with van der Waals surface area (Å²) < 4.78 is 17.3. The van der Waals surface area contributed by atoms with Crippen molar-refractivity contribution >= 4 is 0 Å². The third-order valence-corrected chi connectivity index (χ3v) is 4.65. The van der Waals surface area contributed by atoms with Crippen molar-refractivity contribution in [1.29, 1.82) is 0 Å². The van der Waals surface area contributed by atoms with Crippen LogP contribution in [0.15, 0.2) is 42.5 Å². The van der Waals surface area contributed by atoms with Crippen molar-refractivity contribution in [2.45, 2.75) is 45.4 Å². The van der Waals surface area contributed by atoms with Gasteiger partial charge in [-0.15, -0.1) is 0 Å². The van der Waals surface area contributed by atoms with E-state index < -0.39 is 0 Å². The standard InChI is InChI=1S/C21H26O3/c1-4-5-9-12-22-18-14-20-19(23-15-24-20)13-17(18)21(2,3)16-10-7-6-8-11-16/h6-8,10-11,13-14H,4-5,9,12,15H2,1-3H3. The lowest BCUT2D eigenvalue weighted by Crippen LogP contribution is -2.20. The molecule has 1 aliphatic heterocycles. The Morgan fingerprint density at radius 1 is 1.00 bits per heavy atom. The van der Waals surface area contributed by atoms with E-state index >= 15 is 0 Å². The van der Waals surface area contributed by atoms with Crippen molar-refractivity contribution in [3.05, 3.63) is 53.6 Å². The van der Waals surface area contributed by atoms with Crippen LogP contribution in [0, 0.1) is 0 Å². The number of fused-ring (bicyclic) bond motifs is 1. The van der Waals surface area contributed by atoms with Crippen molar-refractivity contribution in [2.75, 3.05) is 13.4 Å². The van der Waals surface area contributed by atoms with Gasteiger partial charge in [0.15, 0.2) is 11.5 Å². The second-order valence-electron chi connectivity index (χ2n) is 6.75. The predicted molar refractivity (Wildman–Crippen MR) is 96.2 cm³/mol. The van der Waals surface area contributed by atoms with Crippen LogP contribution in [0.2, 0.25) is 0 Å². The molecule has 0 spiro atoms. The van der Waals surface area contributed by atoms with E-state index in [0.717, 1.165) is 35.8 Å². The smallest absolute Gasteiger partial charge is 0.231 e. The minimum atomic E-state index is -0.178. The molecule has 0 atom stereocenters. The number of hydrogen-bond donors (Lipinski definition) is 0. The highest BCUT2D eigenvalue weighted by Crippen LogP contribution is 2.45. The van der Waals surface area contributed by atoms with Crippen LogP contribution >= 0.6 is 0 Å². The number of unbranched alkanes of at least 4 members (excludes halogenated alkanes) is 2. The van der Waals surface area contributed by atoms with E-state index in [1.807, 2.05) is 12.1 Å². The van der Waals surface area contributed by atoms with Crippen LogP contribution < -0.4 is 14.2 Å². The molecule has 0 bridgehead atoms. The topological polar surface area (TPSA) is 27.7 Å². The first kappa shape index (κ1) is 16.7. The van der Waals surface area contributed by atoms with E-state index in [9.17, 15) is 0 Å². The molecule has 1 heterocycles. The largest absolute Gasteiger partial charge is 0.493 e. The molecule has 0 fully saturated rings. The molecule has 0 radical (unpaired) electrons. The van der Waals surface area contributed by atoms with Gasteiger partial charge < -0.3 is 14.2 Å². The molecule has 3 rings (SSSR count). The molecule has 0 unspecified atom stereocenters. The second kappa shape index (κ2) is 7.16. The molecule has 3 nitrogen and oxygen atoms in total. The first-order valence-corrected chi connectivity index (χ1v) is 8.75. The first-order chi connectivity index (χ1) is 11.6. The monoisotopic (exact) mass is 326 g/mol. The van der Waals surface area contributed by atoms with Crippen molar-refractivity contribution in [2.24, 2.45) is 0 Å². The summed E-state index contributed by atoms with van der Waals surface area (Å²) in [6, 6.07) is 14.6. The summed E-state index contributed by atoms with van der Waals surface area (Å²) in [5.74, 6) is 2.47. The Morgan fingerprint density at radius 2 is 1.71 bits per heavy atom. The van der Waals surface area contributed by atoms with Gasteiger partial charge in [0.1, 0.15) is 5.75 Å². The highest BCUT2D eigenvalue weighted by atomic mass is 16.7. The average molecular weight is 326 g/mol. The lowest BCUT2D eigenvalue weighted by atomic mass is 9.77. The first-order valence-electron chi connectivity index (χ1n) is 8.75. The quantitative estimate of drug-likeness (QED) is 0.645. The maximum Gasteiger partial charge on any atom is 0.231 e. The van der Waals surface area contributed by atoms with E-state index in [1.54, 1.807) is 0 Å². The van der Waals surface area contributed by atoms with E-state index in [1.165, 1.54) is 18.4 Å². The van der Waals surface area contributed by atoms with Crippen molar-refractivity contribution in [3.8, 4) is 17.2 Å². The predicted octanol–water partition coefficient (Wildman–Crippen LogP) is 5.31. The van der Waals surface area contributed by atoms with Crippen LogP contribution in [0.5, 0.6) is 17.2 Å². The highest BCUT2D eigenvalue weighted by Gasteiger charge is 2.30. The van der Waals surface area contributed by atoms with Gasteiger partial charge in [-0.3, -0.25) is 0 Å². The molecule has 24 heavy (non-hydrogen) atoms. The van der Waals surface area contributed by atoms with Crippen LogP contribution in [-0.4, -0.2) is 13.4 Å². The van der Waals surface area contributed by atoms with Crippen molar-refractivity contribution in [1.82, 2.24) is 0 Å². The van der Waals surface area contributed by atoms with Gasteiger partial charge in [-0.2, -0.15) is 0 Å². The molecule has 0 amide bonds. The molecule has 3 heteroatoms. The number of benzene rings is 2. The minimum Gasteiger partial charge on any atom is -0.493 e. The summed E-state index contributed by atoms with van der Waals surface area (Å²) in [5, 5.41) is 0. The lowest BCUT2D eigenvalue weighted by molar-refractivity contribution is 0.173. The molecule has 128 valence electrons. The van der Waals surface area contributed by atoms with E-state index in [-0.39, 0.29) is 12.2 Å². The highest BCUT2D eigenvalue weighted by molar-refractivity contribution is 5.56. The summed E-state index contributed by atoms with van der Waals surface area (Å²) in [6.45, 7) is 7.65. The zero-order valence-electron chi connectivity index (χ0n) is 14.8. The third-order valence-electron chi connectivity index (χ3n) is 4.65. The molecule has 0 saturated heterocycles. The Labute approximate surface area is 144 Å². The number of hydrogen-bond acceptors (Lipinski definition) is 3. The summed E-state index contributed by atoms with van der Waals surface area (Å²) in [6.07, 6.45) is 3.44. The Balaban J connectivity index is 1.95. The summed E-state index contributed by atoms with van der Waals surface area (Å²) >= 11 is 0. The molecule has 2 aromatic rings. The molecule has 0 N–H and O–H groups in total. The van der Waals surface area contributed by atoms with Crippen LogP contribution in [0.3, 0.4) is 0 Å². The Bertz CT molecular complexity index is 677. The van der Waals surface area contributed by atoms with Gasteiger partial charge in [-0.05, 0) is 18.1 Å². The zero-order chi connectivity index (χ0) is 17.0. The maximum absolute atomic E-state index is 6.14. The molecular formula is C21H26O3. The summed E-state index contributed by atoms with van der Waals surface area (Å²) in [7, 11) is 0.